The van der Waals surface area contributed by atoms with E-state index in [4.69, 9.17) is 5.26 Å². The summed E-state index contributed by atoms with van der Waals surface area (Å²) in [4.78, 5) is 0. The first-order valence-electron chi connectivity index (χ1n) is 5.31. The number of hydrogen-bond acceptors (Lipinski definition) is 2. The highest BCUT2D eigenvalue weighted by Crippen LogP contribution is 2.28. The van der Waals surface area contributed by atoms with Crippen LogP contribution in [0.2, 0.25) is 0 Å². The molecular formula is C13H17BrN2. The molecule has 1 N–H and O–H groups in total. The highest BCUT2D eigenvalue weighted by atomic mass is 79.9. The number of nitrogens with one attached hydrogen (secondary N) is 1. The smallest absolute Gasteiger partial charge is 0.0992 e. The molecule has 3 heteroatoms. The van der Waals surface area contributed by atoms with Gasteiger partial charge < -0.3 is 5.32 Å². The molecule has 1 aromatic carbocycles. The molecule has 1 aromatic rings. The van der Waals surface area contributed by atoms with E-state index in [1.807, 2.05) is 18.2 Å². The van der Waals surface area contributed by atoms with Crippen molar-refractivity contribution in [2.45, 2.75) is 33.7 Å². The van der Waals surface area contributed by atoms with Gasteiger partial charge in [-0.05, 0) is 46.5 Å². The second-order valence-corrected chi connectivity index (χ2v) is 5.89. The van der Waals surface area contributed by atoms with Gasteiger partial charge in [-0.15, -0.1) is 0 Å². The molecule has 1 rings (SSSR count). The molecule has 0 aliphatic carbocycles. The molecule has 0 heterocycles. The Morgan fingerprint density at radius 2 is 2.00 bits per heavy atom. The lowest BCUT2D eigenvalue weighted by atomic mass is 9.88. The Morgan fingerprint density at radius 3 is 2.44 bits per heavy atom. The number of halogens is 1. The fourth-order valence-electron chi connectivity index (χ4n) is 1.15. The van der Waals surface area contributed by atoms with Crippen molar-refractivity contribution in [2.75, 3.05) is 5.32 Å². The number of rotatable bonds is 2. The van der Waals surface area contributed by atoms with Crippen LogP contribution in [0, 0.1) is 16.7 Å². The third-order valence-electron chi connectivity index (χ3n) is 2.77. The average Bonchev–Trinajstić information content (AvgIpc) is 2.19. The van der Waals surface area contributed by atoms with Crippen molar-refractivity contribution in [1.29, 1.82) is 5.26 Å². The predicted molar refractivity (Wildman–Crippen MR) is 71.4 cm³/mol. The van der Waals surface area contributed by atoms with Crippen LogP contribution in [0.4, 0.5) is 5.69 Å². The summed E-state index contributed by atoms with van der Waals surface area (Å²) in [6.07, 6.45) is 0. The Labute approximate surface area is 106 Å². The van der Waals surface area contributed by atoms with E-state index in [2.05, 4.69) is 55.0 Å². The van der Waals surface area contributed by atoms with Gasteiger partial charge in [0.2, 0.25) is 0 Å². The predicted octanol–water partition coefficient (Wildman–Crippen LogP) is 4.17. The third-order valence-corrected chi connectivity index (χ3v) is 3.43. The molecule has 0 bridgehead atoms. The molecule has 0 aromatic heterocycles. The molecule has 0 radical (unpaired) electrons. The summed E-state index contributed by atoms with van der Waals surface area (Å²) in [5.41, 5.74) is 1.90. The van der Waals surface area contributed by atoms with Crippen LogP contribution in [-0.2, 0) is 0 Å². The zero-order valence-corrected chi connectivity index (χ0v) is 11.7. The summed E-state index contributed by atoms with van der Waals surface area (Å²) in [7, 11) is 0. The first kappa shape index (κ1) is 13.1. The number of benzene rings is 1. The number of anilines is 1. The highest BCUT2D eigenvalue weighted by molar-refractivity contribution is 9.10. The Balaban J connectivity index is 2.88. The second kappa shape index (κ2) is 4.88. The van der Waals surface area contributed by atoms with E-state index in [1.165, 1.54) is 0 Å². The average molecular weight is 281 g/mol. The minimum Gasteiger partial charge on any atom is -0.381 e. The highest BCUT2D eigenvalue weighted by Gasteiger charge is 2.20. The van der Waals surface area contributed by atoms with Gasteiger partial charge in [-0.3, -0.25) is 0 Å². The van der Waals surface area contributed by atoms with Gasteiger partial charge in [-0.25, -0.2) is 0 Å². The molecule has 1 atom stereocenters. The first-order valence-corrected chi connectivity index (χ1v) is 6.10. The lowest BCUT2D eigenvalue weighted by Crippen LogP contribution is -2.30. The van der Waals surface area contributed by atoms with Crippen molar-refractivity contribution in [3.8, 4) is 6.07 Å². The van der Waals surface area contributed by atoms with Gasteiger partial charge in [0.15, 0.2) is 0 Å². The molecule has 0 fully saturated rings. The number of nitriles is 1. The van der Waals surface area contributed by atoms with Gasteiger partial charge >= 0.3 is 0 Å². The van der Waals surface area contributed by atoms with Gasteiger partial charge in [0.25, 0.3) is 0 Å². The van der Waals surface area contributed by atoms with Crippen LogP contribution in [0.5, 0.6) is 0 Å². The van der Waals surface area contributed by atoms with Gasteiger partial charge in [-0.2, -0.15) is 5.26 Å². The van der Waals surface area contributed by atoms with Crippen LogP contribution in [0.3, 0.4) is 0 Å². The van der Waals surface area contributed by atoms with Gasteiger partial charge in [0, 0.05) is 16.2 Å². The van der Waals surface area contributed by atoms with Gasteiger partial charge in [-0.1, -0.05) is 20.8 Å². The van der Waals surface area contributed by atoms with Crippen LogP contribution in [0.1, 0.15) is 33.3 Å². The summed E-state index contributed by atoms with van der Waals surface area (Å²) >= 11 is 3.47. The lowest BCUT2D eigenvalue weighted by molar-refractivity contribution is 0.359. The maximum Gasteiger partial charge on any atom is 0.0992 e. The van der Waals surface area contributed by atoms with Crippen LogP contribution in [-0.4, -0.2) is 6.04 Å². The molecule has 0 aliphatic rings. The number of nitrogens with zero attached hydrogens (tertiary/aromatic N) is 1. The molecule has 0 amide bonds. The molecular weight excluding hydrogens is 264 g/mol. The van der Waals surface area contributed by atoms with E-state index < -0.39 is 0 Å². The Bertz CT molecular complexity index is 413. The van der Waals surface area contributed by atoms with Crippen molar-refractivity contribution in [3.05, 3.63) is 28.2 Å². The van der Waals surface area contributed by atoms with E-state index >= 15 is 0 Å². The van der Waals surface area contributed by atoms with E-state index in [1.54, 1.807) is 0 Å². The molecule has 86 valence electrons. The fraction of sp³-hybridized carbons (Fsp3) is 0.462. The Kier molecular flexibility index (Phi) is 3.98. The SMILES string of the molecule is CC(Nc1ccc(C#N)cc1Br)C(C)(C)C. The summed E-state index contributed by atoms with van der Waals surface area (Å²) < 4.78 is 0.933. The number of hydrogen-bond donors (Lipinski definition) is 1. The quantitative estimate of drug-likeness (QED) is 0.883. The molecule has 2 nitrogen and oxygen atoms in total. The maximum absolute atomic E-state index is 8.77. The van der Waals surface area contributed by atoms with Crippen molar-refractivity contribution < 1.29 is 0 Å². The summed E-state index contributed by atoms with van der Waals surface area (Å²) in [5.74, 6) is 0. The fourth-order valence-corrected chi connectivity index (χ4v) is 1.64. The lowest BCUT2D eigenvalue weighted by Gasteiger charge is -2.29. The van der Waals surface area contributed by atoms with Crippen molar-refractivity contribution in [1.82, 2.24) is 0 Å². The summed E-state index contributed by atoms with van der Waals surface area (Å²) in [6.45, 7) is 8.75. The Hall–Kier alpha value is -1.01. The Morgan fingerprint density at radius 1 is 1.38 bits per heavy atom. The monoisotopic (exact) mass is 280 g/mol. The topological polar surface area (TPSA) is 35.8 Å². The normalized spacial score (nSPS) is 13.0. The summed E-state index contributed by atoms with van der Waals surface area (Å²) in [6, 6.07) is 8.07. The molecule has 0 saturated heterocycles. The molecule has 0 spiro atoms. The van der Waals surface area contributed by atoms with E-state index in [9.17, 15) is 0 Å². The van der Waals surface area contributed by atoms with Crippen molar-refractivity contribution >= 4 is 21.6 Å². The minimum atomic E-state index is 0.202. The third kappa shape index (κ3) is 3.24. The van der Waals surface area contributed by atoms with Gasteiger partial charge in [0.05, 0.1) is 11.6 Å². The summed E-state index contributed by atoms with van der Waals surface area (Å²) in [5, 5.41) is 12.2. The van der Waals surface area contributed by atoms with Crippen LogP contribution < -0.4 is 5.32 Å². The largest absolute Gasteiger partial charge is 0.381 e. The molecule has 0 saturated carbocycles. The molecule has 1 unspecified atom stereocenters. The van der Waals surface area contributed by atoms with E-state index in [-0.39, 0.29) is 5.41 Å². The van der Waals surface area contributed by atoms with Gasteiger partial charge in [0.1, 0.15) is 0 Å². The zero-order valence-electron chi connectivity index (χ0n) is 10.1. The second-order valence-electron chi connectivity index (χ2n) is 5.04. The van der Waals surface area contributed by atoms with Crippen molar-refractivity contribution in [3.63, 3.8) is 0 Å². The standard InChI is InChI=1S/C13H17BrN2/c1-9(13(2,3)4)16-12-6-5-10(8-15)7-11(12)14/h5-7,9,16H,1-4H3. The first-order chi connectivity index (χ1) is 7.34. The molecule has 16 heavy (non-hydrogen) atoms. The van der Waals surface area contributed by atoms with Crippen LogP contribution >= 0.6 is 15.9 Å². The zero-order chi connectivity index (χ0) is 12.3. The molecule has 0 aliphatic heterocycles. The van der Waals surface area contributed by atoms with Crippen LogP contribution in [0.15, 0.2) is 22.7 Å². The van der Waals surface area contributed by atoms with E-state index in [0.29, 0.717) is 11.6 Å². The minimum absolute atomic E-state index is 0.202. The van der Waals surface area contributed by atoms with Crippen molar-refractivity contribution in [2.24, 2.45) is 5.41 Å². The van der Waals surface area contributed by atoms with Crippen LogP contribution in [0.25, 0.3) is 0 Å². The maximum atomic E-state index is 8.77. The van der Waals surface area contributed by atoms with E-state index in [0.717, 1.165) is 10.2 Å².